The molecule has 4 nitrogen and oxygen atoms in total. The first-order chi connectivity index (χ1) is 10.9. The summed E-state index contributed by atoms with van der Waals surface area (Å²) in [6.45, 7) is 3.85. The van der Waals surface area contributed by atoms with Crippen molar-refractivity contribution in [2.45, 2.75) is 24.0 Å². The van der Waals surface area contributed by atoms with Crippen molar-refractivity contribution in [3.05, 3.63) is 52.0 Å². The standard InChI is InChI=1S/C17H15BrN2O2S/c1-9-3-5-13(12(18)7-9)19-17(22)11-4-6-15-14(8-11)20-16(21)10(2)23-15/h3-8,10H,1-2H3,(H,19,22)(H,20,21)/t10-/m0/s1. The molecular formula is C17H15BrN2O2S. The number of thioether (sulfide) groups is 1. The van der Waals surface area contributed by atoms with Gasteiger partial charge in [-0.2, -0.15) is 0 Å². The van der Waals surface area contributed by atoms with E-state index >= 15 is 0 Å². The molecule has 23 heavy (non-hydrogen) atoms. The first-order valence-corrected chi connectivity index (χ1v) is 8.80. The number of hydrogen-bond acceptors (Lipinski definition) is 3. The lowest BCUT2D eigenvalue weighted by molar-refractivity contribution is -0.115. The molecule has 0 fully saturated rings. The quantitative estimate of drug-likeness (QED) is 0.796. The largest absolute Gasteiger partial charge is 0.324 e. The molecule has 118 valence electrons. The number of nitrogens with one attached hydrogen (secondary N) is 2. The molecule has 1 atom stereocenters. The average molecular weight is 391 g/mol. The average Bonchev–Trinajstić information content (AvgIpc) is 2.50. The normalized spacial score (nSPS) is 16.5. The molecule has 0 radical (unpaired) electrons. The Kier molecular flexibility index (Phi) is 4.46. The molecule has 1 heterocycles. The Morgan fingerprint density at radius 2 is 2.04 bits per heavy atom. The third kappa shape index (κ3) is 3.43. The van der Waals surface area contributed by atoms with Crippen LogP contribution in [-0.2, 0) is 4.79 Å². The second kappa shape index (κ2) is 6.37. The summed E-state index contributed by atoms with van der Waals surface area (Å²) in [6, 6.07) is 11.1. The minimum Gasteiger partial charge on any atom is -0.324 e. The van der Waals surface area contributed by atoms with Gasteiger partial charge in [-0.25, -0.2) is 0 Å². The lowest BCUT2D eigenvalue weighted by atomic mass is 10.1. The Balaban J connectivity index is 1.83. The Bertz CT molecular complexity index is 807. The van der Waals surface area contributed by atoms with Gasteiger partial charge in [0.05, 0.1) is 16.6 Å². The summed E-state index contributed by atoms with van der Waals surface area (Å²) in [5.41, 5.74) is 3.02. The van der Waals surface area contributed by atoms with Crippen LogP contribution in [0, 0.1) is 6.92 Å². The number of hydrogen-bond donors (Lipinski definition) is 2. The van der Waals surface area contributed by atoms with Gasteiger partial charge in [-0.15, -0.1) is 11.8 Å². The van der Waals surface area contributed by atoms with Gasteiger partial charge in [-0.05, 0) is 65.7 Å². The van der Waals surface area contributed by atoms with Crippen LogP contribution in [0.25, 0.3) is 0 Å². The van der Waals surface area contributed by atoms with Gasteiger partial charge < -0.3 is 10.6 Å². The Morgan fingerprint density at radius 1 is 1.26 bits per heavy atom. The van der Waals surface area contributed by atoms with E-state index in [-0.39, 0.29) is 17.1 Å². The number of benzene rings is 2. The molecule has 1 aliphatic rings. The van der Waals surface area contributed by atoms with Gasteiger partial charge in [0.25, 0.3) is 5.91 Å². The van der Waals surface area contributed by atoms with E-state index in [4.69, 9.17) is 0 Å². The zero-order valence-corrected chi connectivity index (χ0v) is 15.0. The third-order valence-corrected chi connectivity index (χ3v) is 5.38. The van der Waals surface area contributed by atoms with E-state index in [1.54, 1.807) is 12.1 Å². The van der Waals surface area contributed by atoms with E-state index in [9.17, 15) is 9.59 Å². The molecule has 0 spiro atoms. The predicted octanol–water partition coefficient (Wildman–Crippen LogP) is 4.44. The van der Waals surface area contributed by atoms with Gasteiger partial charge in [0, 0.05) is 14.9 Å². The van der Waals surface area contributed by atoms with Gasteiger partial charge in [0.2, 0.25) is 5.91 Å². The maximum atomic E-state index is 12.4. The summed E-state index contributed by atoms with van der Waals surface area (Å²) in [4.78, 5) is 25.2. The number of fused-ring (bicyclic) bond motifs is 1. The lowest BCUT2D eigenvalue weighted by Gasteiger charge is -2.21. The lowest BCUT2D eigenvalue weighted by Crippen LogP contribution is -2.26. The van der Waals surface area contributed by atoms with Crippen LogP contribution in [0.4, 0.5) is 11.4 Å². The summed E-state index contributed by atoms with van der Waals surface area (Å²) in [6.07, 6.45) is 0. The summed E-state index contributed by atoms with van der Waals surface area (Å²) in [5.74, 6) is -0.253. The highest BCUT2D eigenvalue weighted by atomic mass is 79.9. The highest BCUT2D eigenvalue weighted by molar-refractivity contribution is 9.10. The molecule has 2 aromatic rings. The zero-order chi connectivity index (χ0) is 16.6. The van der Waals surface area contributed by atoms with Crippen molar-refractivity contribution in [3.8, 4) is 0 Å². The van der Waals surface area contributed by atoms with Crippen LogP contribution in [0.5, 0.6) is 0 Å². The highest BCUT2D eigenvalue weighted by Crippen LogP contribution is 2.36. The second-order valence-corrected chi connectivity index (χ2v) is 7.63. The van der Waals surface area contributed by atoms with Gasteiger partial charge in [0.1, 0.15) is 0 Å². The van der Waals surface area contributed by atoms with Crippen molar-refractivity contribution in [3.63, 3.8) is 0 Å². The van der Waals surface area contributed by atoms with E-state index in [2.05, 4.69) is 26.6 Å². The van der Waals surface area contributed by atoms with Crippen molar-refractivity contribution >= 4 is 50.9 Å². The maximum absolute atomic E-state index is 12.4. The number of carbonyl (C=O) groups is 2. The fourth-order valence-electron chi connectivity index (χ4n) is 2.27. The van der Waals surface area contributed by atoms with Crippen LogP contribution in [0.1, 0.15) is 22.8 Å². The smallest absolute Gasteiger partial charge is 0.255 e. The molecule has 2 N–H and O–H groups in total. The van der Waals surface area contributed by atoms with Gasteiger partial charge in [-0.3, -0.25) is 9.59 Å². The first kappa shape index (κ1) is 16.1. The van der Waals surface area contributed by atoms with Crippen molar-refractivity contribution < 1.29 is 9.59 Å². The Morgan fingerprint density at radius 3 is 2.78 bits per heavy atom. The van der Waals surface area contributed by atoms with Crippen LogP contribution in [-0.4, -0.2) is 17.1 Å². The first-order valence-electron chi connectivity index (χ1n) is 7.13. The molecule has 0 aliphatic carbocycles. The number of rotatable bonds is 2. The predicted molar refractivity (Wildman–Crippen MR) is 97.2 cm³/mol. The molecule has 3 rings (SSSR count). The number of carbonyl (C=O) groups excluding carboxylic acids is 2. The molecule has 0 saturated heterocycles. The fraction of sp³-hybridized carbons (Fsp3) is 0.176. The van der Waals surface area contributed by atoms with E-state index in [0.29, 0.717) is 16.9 Å². The molecule has 0 saturated carbocycles. The molecule has 2 aromatic carbocycles. The third-order valence-electron chi connectivity index (χ3n) is 3.55. The van der Waals surface area contributed by atoms with Crippen LogP contribution < -0.4 is 10.6 Å². The molecule has 0 unspecified atom stereocenters. The van der Waals surface area contributed by atoms with Gasteiger partial charge in [-0.1, -0.05) is 6.07 Å². The minimum atomic E-state index is -0.213. The zero-order valence-electron chi connectivity index (χ0n) is 12.6. The highest BCUT2D eigenvalue weighted by Gasteiger charge is 2.23. The van der Waals surface area contributed by atoms with E-state index in [1.807, 2.05) is 38.1 Å². The SMILES string of the molecule is Cc1ccc(NC(=O)c2ccc3c(c2)NC(=O)[C@H](C)S3)c(Br)c1. The van der Waals surface area contributed by atoms with E-state index in [0.717, 1.165) is 14.9 Å². The van der Waals surface area contributed by atoms with Crippen LogP contribution in [0.2, 0.25) is 0 Å². The fourth-order valence-corrected chi connectivity index (χ4v) is 3.79. The minimum absolute atomic E-state index is 0.0404. The van der Waals surface area contributed by atoms with E-state index < -0.39 is 0 Å². The van der Waals surface area contributed by atoms with E-state index in [1.165, 1.54) is 11.8 Å². The van der Waals surface area contributed by atoms with Crippen LogP contribution >= 0.6 is 27.7 Å². The number of aryl methyl sites for hydroxylation is 1. The number of amides is 2. The Labute approximate surface area is 147 Å². The Hall–Kier alpha value is -1.79. The molecule has 0 aromatic heterocycles. The summed E-state index contributed by atoms with van der Waals surface area (Å²) in [7, 11) is 0. The topological polar surface area (TPSA) is 58.2 Å². The van der Waals surface area contributed by atoms with Gasteiger partial charge in [0.15, 0.2) is 0 Å². The van der Waals surface area contributed by atoms with Crippen LogP contribution in [0.3, 0.4) is 0 Å². The summed E-state index contributed by atoms with van der Waals surface area (Å²) in [5, 5.41) is 5.59. The maximum Gasteiger partial charge on any atom is 0.255 e. The molecule has 6 heteroatoms. The monoisotopic (exact) mass is 390 g/mol. The molecule has 2 amide bonds. The molecule has 0 bridgehead atoms. The van der Waals surface area contributed by atoms with Crippen molar-refractivity contribution in [1.29, 1.82) is 0 Å². The van der Waals surface area contributed by atoms with Gasteiger partial charge >= 0.3 is 0 Å². The van der Waals surface area contributed by atoms with Crippen molar-refractivity contribution in [2.24, 2.45) is 0 Å². The summed E-state index contributed by atoms with van der Waals surface area (Å²) >= 11 is 4.94. The number of anilines is 2. The second-order valence-electron chi connectivity index (χ2n) is 5.40. The molecule has 1 aliphatic heterocycles. The van der Waals surface area contributed by atoms with Crippen LogP contribution in [0.15, 0.2) is 45.8 Å². The molecular weight excluding hydrogens is 376 g/mol. The summed E-state index contributed by atoms with van der Waals surface area (Å²) < 4.78 is 0.835. The van der Waals surface area contributed by atoms with Crippen molar-refractivity contribution in [1.82, 2.24) is 0 Å². The van der Waals surface area contributed by atoms with Crippen molar-refractivity contribution in [2.75, 3.05) is 10.6 Å². The number of halogens is 1.